The third kappa shape index (κ3) is 4.90. The largest absolute Gasteiger partial charge is 0.356 e. The van der Waals surface area contributed by atoms with Gasteiger partial charge in [-0.25, -0.2) is 9.97 Å². The molecule has 0 atom stereocenters. The van der Waals surface area contributed by atoms with Crippen molar-refractivity contribution in [1.82, 2.24) is 14.9 Å². The van der Waals surface area contributed by atoms with Crippen molar-refractivity contribution in [3.63, 3.8) is 0 Å². The fourth-order valence-electron chi connectivity index (χ4n) is 3.21. The van der Waals surface area contributed by atoms with Crippen LogP contribution in [0.3, 0.4) is 0 Å². The predicted molar refractivity (Wildman–Crippen MR) is 89.2 cm³/mol. The molecule has 0 aliphatic carbocycles. The molecule has 0 spiro atoms. The normalized spacial score (nSPS) is 16.5. The number of nitrogens with zero attached hydrogens (tertiary/aromatic N) is 4. The highest BCUT2D eigenvalue weighted by molar-refractivity contribution is 5.40. The summed E-state index contributed by atoms with van der Waals surface area (Å²) < 4.78 is 12.1. The fourth-order valence-corrected chi connectivity index (χ4v) is 3.21. The van der Waals surface area contributed by atoms with Gasteiger partial charge in [0.15, 0.2) is 0 Å². The van der Waals surface area contributed by atoms with Gasteiger partial charge < -0.3 is 9.80 Å². The topological polar surface area (TPSA) is 32.3 Å². The number of unbranched alkanes of at least 4 members (excludes halogenated alkanes) is 2. The highest BCUT2D eigenvalue weighted by Crippen LogP contribution is 2.21. The lowest BCUT2D eigenvalue weighted by atomic mass is 10.0. The van der Waals surface area contributed by atoms with Gasteiger partial charge in [-0.2, -0.15) is 0 Å². The van der Waals surface area contributed by atoms with Gasteiger partial charge in [0.1, 0.15) is 11.6 Å². The average molecular weight is 308 g/mol. The lowest BCUT2D eigenvalue weighted by Crippen LogP contribution is -2.44. The summed E-state index contributed by atoms with van der Waals surface area (Å²) in [6.45, 7) is 6.98. The summed E-state index contributed by atoms with van der Waals surface area (Å²) in [5, 5.41) is 0. The lowest BCUT2D eigenvalue weighted by molar-refractivity contribution is 0.203. The van der Waals surface area contributed by atoms with Crippen molar-refractivity contribution >= 4 is 5.82 Å². The first-order valence-corrected chi connectivity index (χ1v) is 8.43. The summed E-state index contributed by atoms with van der Waals surface area (Å²) in [5.74, 6) is 1.91. The van der Waals surface area contributed by atoms with Gasteiger partial charge >= 0.3 is 0 Å². The van der Waals surface area contributed by atoms with Crippen LogP contribution < -0.4 is 4.90 Å². The van der Waals surface area contributed by atoms with E-state index in [-0.39, 0.29) is 6.67 Å². The maximum Gasteiger partial charge on any atom is 0.132 e. The molecule has 2 heterocycles. The van der Waals surface area contributed by atoms with Crippen LogP contribution in [0.2, 0.25) is 0 Å². The van der Waals surface area contributed by atoms with Gasteiger partial charge in [-0.1, -0.05) is 0 Å². The van der Waals surface area contributed by atoms with Crippen LogP contribution in [0.25, 0.3) is 0 Å². The van der Waals surface area contributed by atoms with Crippen LogP contribution in [-0.2, 0) is 0 Å². The maximum absolute atomic E-state index is 12.1. The van der Waals surface area contributed by atoms with Crippen molar-refractivity contribution in [3.05, 3.63) is 17.6 Å². The molecular weight excluding hydrogens is 279 g/mol. The number of piperidine rings is 1. The van der Waals surface area contributed by atoms with E-state index in [4.69, 9.17) is 0 Å². The summed E-state index contributed by atoms with van der Waals surface area (Å²) in [7, 11) is 2.20. The predicted octanol–water partition coefficient (Wildman–Crippen LogP) is 3.13. The van der Waals surface area contributed by atoms with Crippen LogP contribution >= 0.6 is 0 Å². The van der Waals surface area contributed by atoms with Crippen molar-refractivity contribution in [2.75, 3.05) is 38.3 Å². The van der Waals surface area contributed by atoms with E-state index >= 15 is 0 Å². The van der Waals surface area contributed by atoms with E-state index < -0.39 is 0 Å². The Balaban J connectivity index is 1.79. The molecule has 4 nitrogen and oxygen atoms in total. The van der Waals surface area contributed by atoms with Gasteiger partial charge in [-0.3, -0.25) is 4.39 Å². The highest BCUT2D eigenvalue weighted by Gasteiger charge is 2.23. The Kier molecular flexibility index (Phi) is 6.55. The number of aryl methyl sites for hydroxylation is 2. The molecule has 2 rings (SSSR count). The van der Waals surface area contributed by atoms with Crippen LogP contribution in [0.5, 0.6) is 0 Å². The average Bonchev–Trinajstić information content (AvgIpc) is 2.50. The van der Waals surface area contributed by atoms with Crippen LogP contribution in [0, 0.1) is 13.8 Å². The number of hydrogen-bond acceptors (Lipinski definition) is 4. The van der Waals surface area contributed by atoms with Gasteiger partial charge in [0.25, 0.3) is 0 Å². The van der Waals surface area contributed by atoms with Gasteiger partial charge in [0.05, 0.1) is 6.67 Å². The molecule has 1 fully saturated rings. The minimum atomic E-state index is -0.181. The lowest BCUT2D eigenvalue weighted by Gasteiger charge is -2.37. The molecule has 0 bridgehead atoms. The molecular formula is C17H29FN4. The van der Waals surface area contributed by atoms with E-state index in [1.165, 1.54) is 12.8 Å². The summed E-state index contributed by atoms with van der Waals surface area (Å²) in [6, 6.07) is 2.72. The van der Waals surface area contributed by atoms with Crippen LogP contribution in [0.15, 0.2) is 6.07 Å². The van der Waals surface area contributed by atoms with Crippen LogP contribution in [0.1, 0.15) is 43.6 Å². The summed E-state index contributed by atoms with van der Waals surface area (Å²) in [4.78, 5) is 13.7. The van der Waals surface area contributed by atoms with Crippen molar-refractivity contribution in [3.8, 4) is 0 Å². The number of halogens is 1. The molecule has 5 heteroatoms. The Morgan fingerprint density at radius 2 is 1.91 bits per heavy atom. The third-order valence-corrected chi connectivity index (χ3v) is 4.51. The quantitative estimate of drug-likeness (QED) is 0.724. The number of rotatable bonds is 7. The number of aromatic nitrogens is 2. The van der Waals surface area contributed by atoms with E-state index in [0.29, 0.717) is 12.5 Å². The zero-order chi connectivity index (χ0) is 15.9. The molecule has 124 valence electrons. The molecule has 0 unspecified atom stereocenters. The summed E-state index contributed by atoms with van der Waals surface area (Å²) in [5.41, 5.74) is 1.04. The van der Waals surface area contributed by atoms with E-state index in [1.807, 2.05) is 13.8 Å². The summed E-state index contributed by atoms with van der Waals surface area (Å²) in [6.07, 6.45) is 5.15. The first kappa shape index (κ1) is 17.1. The minimum absolute atomic E-state index is 0.181. The number of hydrogen-bond donors (Lipinski definition) is 0. The minimum Gasteiger partial charge on any atom is -0.356 e. The van der Waals surface area contributed by atoms with Gasteiger partial charge in [0.2, 0.25) is 0 Å². The van der Waals surface area contributed by atoms with Crippen molar-refractivity contribution in [2.24, 2.45) is 0 Å². The van der Waals surface area contributed by atoms with Gasteiger partial charge in [-0.15, -0.1) is 0 Å². The SMILES string of the molecule is Cc1cc(N2CCC(N(C)CCCCCF)CC2)nc(C)n1. The Hall–Kier alpha value is -1.23. The van der Waals surface area contributed by atoms with E-state index in [0.717, 1.165) is 49.8 Å². The molecule has 1 aromatic rings. The molecule has 0 aromatic carbocycles. The Morgan fingerprint density at radius 1 is 1.18 bits per heavy atom. The van der Waals surface area contributed by atoms with E-state index in [9.17, 15) is 4.39 Å². The second-order valence-electron chi connectivity index (χ2n) is 6.36. The molecule has 0 N–H and O–H groups in total. The molecule has 22 heavy (non-hydrogen) atoms. The third-order valence-electron chi connectivity index (χ3n) is 4.51. The molecule has 0 saturated carbocycles. The first-order chi connectivity index (χ1) is 10.6. The van der Waals surface area contributed by atoms with E-state index in [2.05, 4.69) is 32.9 Å². The molecule has 0 amide bonds. The first-order valence-electron chi connectivity index (χ1n) is 8.43. The van der Waals surface area contributed by atoms with Crippen molar-refractivity contribution < 1.29 is 4.39 Å². The number of anilines is 1. The molecule has 1 aliphatic heterocycles. The second kappa shape index (κ2) is 8.42. The molecule has 0 radical (unpaired) electrons. The molecule has 1 saturated heterocycles. The standard InChI is InChI=1S/C17H29FN4/c1-14-13-17(20-15(2)19-14)22-11-7-16(8-12-22)21(3)10-6-4-5-9-18/h13,16H,4-12H2,1-3H3. The fraction of sp³-hybridized carbons (Fsp3) is 0.765. The zero-order valence-electron chi connectivity index (χ0n) is 14.2. The number of alkyl halides is 1. The molecule has 1 aromatic heterocycles. The van der Waals surface area contributed by atoms with Crippen molar-refractivity contribution in [1.29, 1.82) is 0 Å². The highest BCUT2D eigenvalue weighted by atomic mass is 19.1. The Bertz CT molecular complexity index is 438. The second-order valence-corrected chi connectivity index (χ2v) is 6.36. The smallest absolute Gasteiger partial charge is 0.132 e. The van der Waals surface area contributed by atoms with Gasteiger partial charge in [-0.05, 0) is 59.5 Å². The van der Waals surface area contributed by atoms with Crippen LogP contribution in [0.4, 0.5) is 10.2 Å². The summed E-state index contributed by atoms with van der Waals surface area (Å²) >= 11 is 0. The van der Waals surface area contributed by atoms with E-state index in [1.54, 1.807) is 0 Å². The van der Waals surface area contributed by atoms with Crippen LogP contribution in [-0.4, -0.2) is 54.3 Å². The monoisotopic (exact) mass is 308 g/mol. The molecule has 1 aliphatic rings. The Morgan fingerprint density at radius 3 is 2.55 bits per heavy atom. The Labute approximate surface area is 133 Å². The maximum atomic E-state index is 12.1. The zero-order valence-corrected chi connectivity index (χ0v) is 14.2. The van der Waals surface area contributed by atoms with Gasteiger partial charge in [0, 0.05) is 30.9 Å². The van der Waals surface area contributed by atoms with Crippen molar-refractivity contribution in [2.45, 2.75) is 52.0 Å².